The molecule has 0 aliphatic carbocycles. The van der Waals surface area contributed by atoms with Crippen LogP contribution < -0.4 is 21.3 Å². The average Bonchev–Trinajstić information content (AvgIpc) is 2.86. The highest BCUT2D eigenvalue weighted by Crippen LogP contribution is 2.26. The van der Waals surface area contributed by atoms with E-state index in [0.29, 0.717) is 6.42 Å². The molecule has 0 spiro atoms. The number of hydrogen-bond donors (Lipinski definition) is 3. The third kappa shape index (κ3) is 5.19. The Kier molecular flexibility index (Phi) is 8.05. The van der Waals surface area contributed by atoms with E-state index in [1.807, 2.05) is 51.1 Å². The van der Waals surface area contributed by atoms with Crippen molar-refractivity contribution in [3.05, 3.63) is 30.3 Å². The monoisotopic (exact) mass is 382 g/mol. The lowest BCUT2D eigenvalue weighted by Gasteiger charge is -2.21. The van der Waals surface area contributed by atoms with Gasteiger partial charge in [0.25, 0.3) is 0 Å². The number of halogens is 1. The maximum atomic E-state index is 12.6. The lowest BCUT2D eigenvalue weighted by atomic mass is 10.1. The zero-order valence-electron chi connectivity index (χ0n) is 15.3. The zero-order chi connectivity index (χ0) is 18.6. The van der Waals surface area contributed by atoms with Gasteiger partial charge in [-0.3, -0.25) is 14.4 Å². The topological polar surface area (TPSA) is 105 Å². The molecule has 0 aromatic heterocycles. The number of carbonyl (C=O) groups excluding carboxylic acids is 3. The summed E-state index contributed by atoms with van der Waals surface area (Å²) in [5.41, 5.74) is 6.54. The van der Waals surface area contributed by atoms with Crippen LogP contribution in [0.2, 0.25) is 0 Å². The minimum atomic E-state index is -0.658. The van der Waals surface area contributed by atoms with Crippen LogP contribution in [0, 0.1) is 5.92 Å². The number of benzene rings is 1. The molecule has 1 aliphatic heterocycles. The van der Waals surface area contributed by atoms with Crippen LogP contribution in [-0.4, -0.2) is 42.4 Å². The minimum absolute atomic E-state index is 0. The average molecular weight is 383 g/mol. The van der Waals surface area contributed by atoms with Crippen LogP contribution in [0.5, 0.6) is 0 Å². The summed E-state index contributed by atoms with van der Waals surface area (Å²) in [6, 6.07) is 8.11. The lowest BCUT2D eigenvalue weighted by Crippen LogP contribution is -2.49. The Bertz CT molecular complexity index is 639. The van der Waals surface area contributed by atoms with Crippen LogP contribution in [0.3, 0.4) is 0 Å². The Morgan fingerprint density at radius 1 is 1.27 bits per heavy atom. The summed E-state index contributed by atoms with van der Waals surface area (Å²) in [4.78, 5) is 38.1. The number of hydrogen-bond acceptors (Lipinski definition) is 4. The summed E-state index contributed by atoms with van der Waals surface area (Å²) in [6.45, 7) is 5.42. The molecule has 0 bridgehead atoms. The number of rotatable bonds is 6. The predicted molar refractivity (Wildman–Crippen MR) is 103 cm³/mol. The third-order valence-electron chi connectivity index (χ3n) is 4.37. The van der Waals surface area contributed by atoms with Gasteiger partial charge in [0.15, 0.2) is 0 Å². The quantitative estimate of drug-likeness (QED) is 0.677. The van der Waals surface area contributed by atoms with E-state index in [9.17, 15) is 14.4 Å². The van der Waals surface area contributed by atoms with Crippen molar-refractivity contribution in [2.24, 2.45) is 11.7 Å². The first-order valence-electron chi connectivity index (χ1n) is 8.52. The fourth-order valence-corrected chi connectivity index (χ4v) is 2.86. The van der Waals surface area contributed by atoms with Gasteiger partial charge in [0.1, 0.15) is 6.04 Å². The fraction of sp³-hybridized carbons (Fsp3) is 0.500. The van der Waals surface area contributed by atoms with Crippen molar-refractivity contribution >= 4 is 35.8 Å². The van der Waals surface area contributed by atoms with Crippen LogP contribution in [0.4, 0.5) is 5.69 Å². The van der Waals surface area contributed by atoms with Gasteiger partial charge in [-0.05, 0) is 31.4 Å². The van der Waals surface area contributed by atoms with Crippen LogP contribution in [0.15, 0.2) is 30.3 Å². The van der Waals surface area contributed by atoms with E-state index in [1.165, 1.54) is 0 Å². The molecule has 4 N–H and O–H groups in total. The Morgan fingerprint density at radius 2 is 1.88 bits per heavy atom. The predicted octanol–water partition coefficient (Wildman–Crippen LogP) is 0.818. The van der Waals surface area contributed by atoms with Gasteiger partial charge in [-0.15, -0.1) is 12.4 Å². The first-order chi connectivity index (χ1) is 11.8. The molecule has 1 aromatic rings. The molecule has 3 atom stereocenters. The van der Waals surface area contributed by atoms with Crippen molar-refractivity contribution in [2.45, 2.75) is 45.3 Å². The third-order valence-corrected chi connectivity index (χ3v) is 4.37. The largest absolute Gasteiger partial charge is 0.346 e. The molecule has 2 rings (SSSR count). The molecule has 1 aromatic carbocycles. The van der Waals surface area contributed by atoms with Crippen molar-refractivity contribution in [3.8, 4) is 0 Å². The maximum absolute atomic E-state index is 12.6. The molecule has 0 saturated carbocycles. The number of para-hydroxylation sites is 1. The van der Waals surface area contributed by atoms with Gasteiger partial charge in [0.2, 0.25) is 17.7 Å². The molecular formula is C18H27ClN4O3. The lowest BCUT2D eigenvalue weighted by molar-refractivity contribution is -0.128. The van der Waals surface area contributed by atoms with Crippen LogP contribution in [-0.2, 0) is 14.4 Å². The maximum Gasteiger partial charge on any atom is 0.249 e. The summed E-state index contributed by atoms with van der Waals surface area (Å²) >= 11 is 0. The minimum Gasteiger partial charge on any atom is -0.346 e. The second-order valence-electron chi connectivity index (χ2n) is 6.74. The number of amides is 3. The van der Waals surface area contributed by atoms with Crippen molar-refractivity contribution in [1.29, 1.82) is 0 Å². The Balaban J connectivity index is 0.00000338. The first-order valence-corrected chi connectivity index (χ1v) is 8.52. The Morgan fingerprint density at radius 3 is 2.46 bits per heavy atom. The molecule has 7 nitrogen and oxygen atoms in total. The number of anilines is 1. The second kappa shape index (κ2) is 9.54. The molecule has 8 heteroatoms. The molecule has 3 amide bonds. The molecular weight excluding hydrogens is 356 g/mol. The van der Waals surface area contributed by atoms with E-state index in [4.69, 9.17) is 5.73 Å². The second-order valence-corrected chi connectivity index (χ2v) is 6.74. The normalized spacial score (nSPS) is 20.5. The molecule has 1 saturated heterocycles. The highest BCUT2D eigenvalue weighted by atomic mass is 35.5. The number of nitrogens with one attached hydrogen (secondary N) is 2. The summed E-state index contributed by atoms with van der Waals surface area (Å²) < 4.78 is 0. The molecule has 1 aliphatic rings. The summed E-state index contributed by atoms with van der Waals surface area (Å²) in [5.74, 6) is -0.927. The van der Waals surface area contributed by atoms with E-state index in [-0.39, 0.29) is 42.7 Å². The van der Waals surface area contributed by atoms with E-state index in [2.05, 4.69) is 10.6 Å². The first kappa shape index (κ1) is 21.9. The molecule has 26 heavy (non-hydrogen) atoms. The molecule has 1 fully saturated rings. The smallest absolute Gasteiger partial charge is 0.249 e. The van der Waals surface area contributed by atoms with Gasteiger partial charge >= 0.3 is 0 Å². The number of carbonyl (C=O) groups is 3. The summed E-state index contributed by atoms with van der Waals surface area (Å²) in [6.07, 6.45) is 0.527. The van der Waals surface area contributed by atoms with Gasteiger partial charge in [-0.1, -0.05) is 32.0 Å². The molecule has 1 heterocycles. The zero-order valence-corrected chi connectivity index (χ0v) is 16.1. The Labute approximate surface area is 160 Å². The molecule has 2 unspecified atom stereocenters. The number of nitrogens with two attached hydrogens (primary N) is 1. The standard InChI is InChI=1S/C18H26N4O3.ClH/c1-11(2)16(19)17(24)20-10-15(23)21-14-9-12(3)22(18(14)25)13-7-5-4-6-8-13;/h4-8,11-12,14,16H,9-10,19H2,1-3H3,(H,20,24)(H,21,23);1H/t12?,14?,16-;/m0./s1. The van der Waals surface area contributed by atoms with E-state index in [1.54, 1.807) is 4.90 Å². The van der Waals surface area contributed by atoms with Crippen LogP contribution in [0.25, 0.3) is 0 Å². The van der Waals surface area contributed by atoms with Crippen molar-refractivity contribution in [3.63, 3.8) is 0 Å². The number of nitrogens with zero attached hydrogens (tertiary/aromatic N) is 1. The highest BCUT2D eigenvalue weighted by molar-refractivity contribution is 6.02. The van der Waals surface area contributed by atoms with Crippen molar-refractivity contribution in [1.82, 2.24) is 10.6 Å². The Hall–Kier alpha value is -2.12. The fourth-order valence-electron chi connectivity index (χ4n) is 2.86. The molecule has 144 valence electrons. The SMILES string of the molecule is CC(C)[C@H](N)C(=O)NCC(=O)NC1CC(C)N(c2ccccc2)C1=O.Cl. The van der Waals surface area contributed by atoms with Crippen molar-refractivity contribution in [2.75, 3.05) is 11.4 Å². The van der Waals surface area contributed by atoms with Crippen LogP contribution in [0.1, 0.15) is 27.2 Å². The summed E-state index contributed by atoms with van der Waals surface area (Å²) in [7, 11) is 0. The highest BCUT2D eigenvalue weighted by Gasteiger charge is 2.38. The summed E-state index contributed by atoms with van der Waals surface area (Å²) in [5, 5.41) is 5.20. The van der Waals surface area contributed by atoms with Gasteiger partial charge in [0, 0.05) is 11.7 Å². The van der Waals surface area contributed by atoms with E-state index < -0.39 is 18.0 Å². The molecule has 0 radical (unpaired) electrons. The van der Waals surface area contributed by atoms with Crippen molar-refractivity contribution < 1.29 is 14.4 Å². The van der Waals surface area contributed by atoms with Gasteiger partial charge in [-0.2, -0.15) is 0 Å². The van der Waals surface area contributed by atoms with Gasteiger partial charge in [0.05, 0.1) is 12.6 Å². The van der Waals surface area contributed by atoms with E-state index in [0.717, 1.165) is 5.69 Å². The van der Waals surface area contributed by atoms with Crippen LogP contribution >= 0.6 is 12.4 Å². The van der Waals surface area contributed by atoms with E-state index >= 15 is 0 Å². The van der Waals surface area contributed by atoms with Gasteiger partial charge < -0.3 is 21.3 Å². The van der Waals surface area contributed by atoms with Gasteiger partial charge in [-0.25, -0.2) is 0 Å².